The van der Waals surface area contributed by atoms with Gasteiger partial charge in [-0.05, 0) is 25.0 Å². The highest BCUT2D eigenvalue weighted by Crippen LogP contribution is 2.37. The van der Waals surface area contributed by atoms with E-state index < -0.39 is 11.9 Å². The molecule has 88 valence electrons. The molecule has 0 aliphatic carbocycles. The fourth-order valence-electron chi connectivity index (χ4n) is 1.78. The van der Waals surface area contributed by atoms with Crippen molar-refractivity contribution in [3.05, 3.63) is 28.3 Å². The Morgan fingerprint density at radius 3 is 2.62 bits per heavy atom. The van der Waals surface area contributed by atoms with Crippen molar-refractivity contribution in [1.82, 2.24) is 0 Å². The van der Waals surface area contributed by atoms with Crippen LogP contribution in [0.4, 0.5) is 0 Å². The van der Waals surface area contributed by atoms with Gasteiger partial charge in [-0.3, -0.25) is 4.79 Å². The van der Waals surface area contributed by atoms with E-state index in [9.17, 15) is 4.79 Å². The van der Waals surface area contributed by atoms with Crippen LogP contribution < -0.4 is 4.74 Å². The molecule has 16 heavy (non-hydrogen) atoms. The highest BCUT2D eigenvalue weighted by molar-refractivity contribution is 6.31. The number of halogens is 1. The maximum atomic E-state index is 11.1. The molecule has 0 amide bonds. The summed E-state index contributed by atoms with van der Waals surface area (Å²) in [5.41, 5.74) is 1.46. The molecular formula is C12H15ClO3. The van der Waals surface area contributed by atoms with Crippen molar-refractivity contribution < 1.29 is 14.6 Å². The van der Waals surface area contributed by atoms with Gasteiger partial charge in [0.25, 0.3) is 0 Å². The molecule has 4 heteroatoms. The van der Waals surface area contributed by atoms with Gasteiger partial charge in [-0.1, -0.05) is 24.6 Å². The Morgan fingerprint density at radius 2 is 2.19 bits per heavy atom. The zero-order valence-corrected chi connectivity index (χ0v) is 10.3. The molecule has 1 aromatic rings. The number of benzene rings is 1. The van der Waals surface area contributed by atoms with Gasteiger partial charge >= 0.3 is 5.97 Å². The SMILES string of the molecule is CCC(C(=O)O)c1c(Cl)ccc(C)c1OC. The number of carbonyl (C=O) groups is 1. The second kappa shape index (κ2) is 5.21. The summed E-state index contributed by atoms with van der Waals surface area (Å²) in [7, 11) is 1.52. The zero-order chi connectivity index (χ0) is 12.3. The number of aryl methyl sites for hydroxylation is 1. The first-order chi connectivity index (χ1) is 7.52. The Morgan fingerprint density at radius 1 is 1.56 bits per heavy atom. The van der Waals surface area contributed by atoms with Crippen molar-refractivity contribution in [3.8, 4) is 5.75 Å². The molecule has 0 radical (unpaired) electrons. The smallest absolute Gasteiger partial charge is 0.311 e. The van der Waals surface area contributed by atoms with Crippen LogP contribution >= 0.6 is 11.6 Å². The van der Waals surface area contributed by atoms with Crippen LogP contribution in [0, 0.1) is 6.92 Å². The predicted molar refractivity (Wildman–Crippen MR) is 63.4 cm³/mol. The van der Waals surface area contributed by atoms with Gasteiger partial charge in [-0.15, -0.1) is 0 Å². The minimum absolute atomic E-state index is 0.441. The lowest BCUT2D eigenvalue weighted by Crippen LogP contribution is -2.13. The van der Waals surface area contributed by atoms with Gasteiger partial charge in [0.15, 0.2) is 0 Å². The third-order valence-electron chi connectivity index (χ3n) is 2.60. The summed E-state index contributed by atoms with van der Waals surface area (Å²) in [6.45, 7) is 3.68. The summed E-state index contributed by atoms with van der Waals surface area (Å²) >= 11 is 6.05. The van der Waals surface area contributed by atoms with Gasteiger partial charge < -0.3 is 9.84 Å². The fraction of sp³-hybridized carbons (Fsp3) is 0.417. The molecule has 0 aromatic heterocycles. The molecule has 0 bridgehead atoms. The van der Waals surface area contributed by atoms with Crippen LogP contribution in [0.3, 0.4) is 0 Å². The van der Waals surface area contributed by atoms with Crippen molar-refractivity contribution in [2.24, 2.45) is 0 Å². The quantitative estimate of drug-likeness (QED) is 0.882. The standard InChI is InChI=1S/C12H15ClO3/c1-4-8(12(14)15)10-9(13)6-5-7(2)11(10)16-3/h5-6,8H,4H2,1-3H3,(H,14,15). The summed E-state index contributed by atoms with van der Waals surface area (Å²) in [6, 6.07) is 3.53. The maximum Gasteiger partial charge on any atom is 0.311 e. The predicted octanol–water partition coefficient (Wildman–Crippen LogP) is 3.24. The van der Waals surface area contributed by atoms with Gasteiger partial charge in [0.05, 0.1) is 13.0 Å². The molecule has 3 nitrogen and oxygen atoms in total. The van der Waals surface area contributed by atoms with Crippen molar-refractivity contribution >= 4 is 17.6 Å². The largest absolute Gasteiger partial charge is 0.496 e. The lowest BCUT2D eigenvalue weighted by atomic mass is 9.94. The molecule has 1 aromatic carbocycles. The number of carboxylic acid groups (broad SMARTS) is 1. The molecule has 1 rings (SSSR count). The number of carboxylic acids is 1. The van der Waals surface area contributed by atoms with Crippen LogP contribution in [0.1, 0.15) is 30.4 Å². The average molecular weight is 243 g/mol. The third kappa shape index (κ3) is 2.30. The Labute approximate surface area is 100.0 Å². The zero-order valence-electron chi connectivity index (χ0n) is 9.58. The van der Waals surface area contributed by atoms with E-state index in [-0.39, 0.29) is 0 Å². The minimum atomic E-state index is -0.881. The maximum absolute atomic E-state index is 11.1. The summed E-state index contributed by atoms with van der Waals surface area (Å²) in [6.07, 6.45) is 0.481. The molecule has 0 fully saturated rings. The van der Waals surface area contributed by atoms with E-state index in [2.05, 4.69) is 0 Å². The van der Waals surface area contributed by atoms with E-state index in [1.165, 1.54) is 7.11 Å². The van der Waals surface area contributed by atoms with Crippen LogP contribution in [0.25, 0.3) is 0 Å². The number of aliphatic carboxylic acids is 1. The van der Waals surface area contributed by atoms with Gasteiger partial charge in [-0.25, -0.2) is 0 Å². The Kier molecular flexibility index (Phi) is 4.19. The van der Waals surface area contributed by atoms with Gasteiger partial charge in [0, 0.05) is 10.6 Å². The molecule has 0 saturated heterocycles. The molecule has 0 spiro atoms. The van der Waals surface area contributed by atoms with Crippen molar-refractivity contribution in [2.75, 3.05) is 7.11 Å². The molecular weight excluding hydrogens is 228 g/mol. The first kappa shape index (κ1) is 12.8. The minimum Gasteiger partial charge on any atom is -0.496 e. The van der Waals surface area contributed by atoms with Gasteiger partial charge in [0.1, 0.15) is 5.75 Å². The first-order valence-corrected chi connectivity index (χ1v) is 5.46. The second-order valence-electron chi connectivity index (χ2n) is 3.61. The number of ether oxygens (including phenoxy) is 1. The normalized spacial score (nSPS) is 12.2. The van der Waals surface area contributed by atoms with Crippen molar-refractivity contribution in [1.29, 1.82) is 0 Å². The molecule has 0 aliphatic rings. The molecule has 1 N–H and O–H groups in total. The summed E-state index contributed by atoms with van der Waals surface area (Å²) in [4.78, 5) is 11.1. The highest BCUT2D eigenvalue weighted by Gasteiger charge is 2.25. The summed E-state index contributed by atoms with van der Waals surface area (Å²) < 4.78 is 5.24. The topological polar surface area (TPSA) is 46.5 Å². The van der Waals surface area contributed by atoms with Crippen molar-refractivity contribution in [2.45, 2.75) is 26.2 Å². The molecule has 1 unspecified atom stereocenters. The lowest BCUT2D eigenvalue weighted by molar-refractivity contribution is -0.138. The van der Waals surface area contributed by atoms with Crippen molar-refractivity contribution in [3.63, 3.8) is 0 Å². The van der Waals surface area contributed by atoms with E-state index >= 15 is 0 Å². The average Bonchev–Trinajstić information content (AvgIpc) is 2.24. The number of hydrogen-bond acceptors (Lipinski definition) is 2. The van der Waals surface area contributed by atoms with Crippen LogP contribution in [0.15, 0.2) is 12.1 Å². The Hall–Kier alpha value is -1.22. The van der Waals surface area contributed by atoms with E-state index in [0.29, 0.717) is 22.8 Å². The molecule has 0 saturated carbocycles. The first-order valence-electron chi connectivity index (χ1n) is 5.08. The summed E-state index contributed by atoms with van der Waals surface area (Å²) in [5, 5.41) is 9.59. The van der Waals surface area contributed by atoms with Crippen LogP contribution in [0.5, 0.6) is 5.75 Å². The molecule has 1 atom stereocenters. The van der Waals surface area contributed by atoms with Gasteiger partial charge in [-0.2, -0.15) is 0 Å². The van der Waals surface area contributed by atoms with Crippen LogP contribution in [-0.2, 0) is 4.79 Å². The number of methoxy groups -OCH3 is 1. The Balaban J connectivity index is 3.39. The monoisotopic (exact) mass is 242 g/mol. The number of rotatable bonds is 4. The molecule has 0 heterocycles. The fourth-order valence-corrected chi connectivity index (χ4v) is 2.06. The lowest BCUT2D eigenvalue weighted by Gasteiger charge is -2.17. The second-order valence-corrected chi connectivity index (χ2v) is 4.02. The molecule has 0 aliphatic heterocycles. The highest BCUT2D eigenvalue weighted by atomic mass is 35.5. The number of hydrogen-bond donors (Lipinski definition) is 1. The van der Waals surface area contributed by atoms with E-state index in [1.807, 2.05) is 19.9 Å². The van der Waals surface area contributed by atoms with Crippen LogP contribution in [0.2, 0.25) is 5.02 Å². The van der Waals surface area contributed by atoms with Gasteiger partial charge in [0.2, 0.25) is 0 Å². The van der Waals surface area contributed by atoms with E-state index in [1.54, 1.807) is 6.07 Å². The third-order valence-corrected chi connectivity index (χ3v) is 2.93. The van der Waals surface area contributed by atoms with Crippen LogP contribution in [-0.4, -0.2) is 18.2 Å². The van der Waals surface area contributed by atoms with E-state index in [0.717, 1.165) is 5.56 Å². The van der Waals surface area contributed by atoms with E-state index in [4.69, 9.17) is 21.4 Å². The summed E-state index contributed by atoms with van der Waals surface area (Å²) in [5.74, 6) is -0.933. The Bertz CT molecular complexity index is 401.